The molecule has 2 heterocycles. The third-order valence-corrected chi connectivity index (χ3v) is 5.52. The van der Waals surface area contributed by atoms with E-state index in [0.29, 0.717) is 32.4 Å². The predicted octanol–water partition coefficient (Wildman–Crippen LogP) is 0.680. The lowest BCUT2D eigenvalue weighted by Gasteiger charge is -2.37. The standard InChI is InChI=1S/C20H22ClFN4O3/c1-2-7-23-18(27)6-4-14-10-24-20(29)17-9-13(11-26(14)17)25-19(28)12-3-5-16(22)15(21)8-12/h1,3,5,8,13-14,17H,4,6-7,9-11H2,(H,23,27)(H,24,29)(H,25,28). The van der Waals surface area contributed by atoms with Crippen molar-refractivity contribution >= 4 is 29.3 Å². The molecule has 2 aliphatic rings. The highest BCUT2D eigenvalue weighted by atomic mass is 35.5. The Bertz CT molecular complexity index is 857. The van der Waals surface area contributed by atoms with E-state index in [1.165, 1.54) is 12.1 Å². The molecular formula is C20H22ClFN4O3. The maximum atomic E-state index is 13.3. The fraction of sp³-hybridized carbons (Fsp3) is 0.450. The molecule has 7 nitrogen and oxygen atoms in total. The molecule has 3 atom stereocenters. The highest BCUT2D eigenvalue weighted by Crippen LogP contribution is 2.26. The summed E-state index contributed by atoms with van der Waals surface area (Å²) < 4.78 is 13.3. The normalized spacial score (nSPS) is 23.6. The van der Waals surface area contributed by atoms with Gasteiger partial charge in [0.1, 0.15) is 5.82 Å². The number of terminal acetylenes is 1. The number of rotatable bonds is 6. The summed E-state index contributed by atoms with van der Waals surface area (Å²) in [6.07, 6.45) is 6.47. The van der Waals surface area contributed by atoms with E-state index < -0.39 is 5.82 Å². The Hall–Kier alpha value is -2.63. The van der Waals surface area contributed by atoms with E-state index in [4.69, 9.17) is 18.0 Å². The second-order valence-corrected chi connectivity index (χ2v) is 7.57. The van der Waals surface area contributed by atoms with Gasteiger partial charge in [0.15, 0.2) is 0 Å². The first kappa shape index (κ1) is 21.1. The van der Waals surface area contributed by atoms with Gasteiger partial charge < -0.3 is 16.0 Å². The van der Waals surface area contributed by atoms with Gasteiger partial charge in [0.05, 0.1) is 17.6 Å². The molecule has 0 bridgehead atoms. The van der Waals surface area contributed by atoms with Gasteiger partial charge in [0.25, 0.3) is 5.91 Å². The van der Waals surface area contributed by atoms with Crippen molar-refractivity contribution in [3.63, 3.8) is 0 Å². The van der Waals surface area contributed by atoms with Crippen LogP contribution in [0.2, 0.25) is 5.02 Å². The Morgan fingerprint density at radius 3 is 2.93 bits per heavy atom. The number of nitrogens with zero attached hydrogens (tertiary/aromatic N) is 1. The number of amides is 3. The van der Waals surface area contributed by atoms with Crippen molar-refractivity contribution < 1.29 is 18.8 Å². The van der Waals surface area contributed by atoms with E-state index >= 15 is 0 Å². The molecule has 0 aromatic heterocycles. The van der Waals surface area contributed by atoms with E-state index in [-0.39, 0.29) is 53.0 Å². The Labute approximate surface area is 173 Å². The van der Waals surface area contributed by atoms with Crippen molar-refractivity contribution in [3.8, 4) is 12.3 Å². The van der Waals surface area contributed by atoms with Crippen LogP contribution in [0.3, 0.4) is 0 Å². The van der Waals surface area contributed by atoms with Crippen molar-refractivity contribution in [2.75, 3.05) is 19.6 Å². The second-order valence-electron chi connectivity index (χ2n) is 7.17. The monoisotopic (exact) mass is 420 g/mol. The Kier molecular flexibility index (Phi) is 6.72. The zero-order chi connectivity index (χ0) is 21.0. The van der Waals surface area contributed by atoms with Crippen LogP contribution in [0.5, 0.6) is 0 Å². The first-order valence-corrected chi connectivity index (χ1v) is 9.76. The number of carbonyl (C=O) groups is 3. The van der Waals surface area contributed by atoms with E-state index in [1.807, 2.05) is 4.90 Å². The van der Waals surface area contributed by atoms with Gasteiger partial charge in [-0.1, -0.05) is 17.5 Å². The summed E-state index contributed by atoms with van der Waals surface area (Å²) in [6, 6.07) is 3.19. The number of hydrogen-bond acceptors (Lipinski definition) is 4. The minimum atomic E-state index is -0.591. The number of hydrogen-bond donors (Lipinski definition) is 3. The lowest BCUT2D eigenvalue weighted by Crippen LogP contribution is -2.58. The summed E-state index contributed by atoms with van der Waals surface area (Å²) in [5.41, 5.74) is 0.257. The lowest BCUT2D eigenvalue weighted by molar-refractivity contribution is -0.129. The van der Waals surface area contributed by atoms with E-state index in [0.717, 1.165) is 6.07 Å². The van der Waals surface area contributed by atoms with Crippen LogP contribution in [0.4, 0.5) is 4.39 Å². The topological polar surface area (TPSA) is 90.5 Å². The summed E-state index contributed by atoms with van der Waals surface area (Å²) in [4.78, 5) is 38.6. The highest BCUT2D eigenvalue weighted by Gasteiger charge is 2.43. The number of nitrogens with one attached hydrogen (secondary N) is 3. The molecule has 29 heavy (non-hydrogen) atoms. The smallest absolute Gasteiger partial charge is 0.251 e. The van der Waals surface area contributed by atoms with Crippen molar-refractivity contribution in [2.45, 2.75) is 37.4 Å². The summed E-state index contributed by atoms with van der Waals surface area (Å²) in [7, 11) is 0. The molecule has 3 unspecified atom stereocenters. The maximum absolute atomic E-state index is 13.3. The molecule has 2 aliphatic heterocycles. The largest absolute Gasteiger partial charge is 0.353 e. The van der Waals surface area contributed by atoms with Crippen LogP contribution in [0.15, 0.2) is 18.2 Å². The molecule has 0 spiro atoms. The van der Waals surface area contributed by atoms with Crippen molar-refractivity contribution in [2.24, 2.45) is 0 Å². The van der Waals surface area contributed by atoms with Gasteiger partial charge in [-0.15, -0.1) is 6.42 Å². The Morgan fingerprint density at radius 1 is 1.41 bits per heavy atom. The fourth-order valence-electron chi connectivity index (χ4n) is 3.79. The quantitative estimate of drug-likeness (QED) is 0.590. The minimum absolute atomic E-state index is 0.00328. The molecule has 1 aromatic carbocycles. The van der Waals surface area contributed by atoms with Crippen LogP contribution < -0.4 is 16.0 Å². The number of fused-ring (bicyclic) bond motifs is 1. The Morgan fingerprint density at radius 2 is 2.21 bits per heavy atom. The number of carbonyl (C=O) groups excluding carboxylic acids is 3. The SMILES string of the molecule is C#CCNC(=O)CCC1CNC(=O)C2CC(NC(=O)c3ccc(F)c(Cl)c3)CN12. The van der Waals surface area contributed by atoms with Crippen molar-refractivity contribution in [3.05, 3.63) is 34.6 Å². The average Bonchev–Trinajstić information content (AvgIpc) is 3.12. The Balaban J connectivity index is 1.59. The molecule has 3 amide bonds. The molecular weight excluding hydrogens is 399 g/mol. The van der Waals surface area contributed by atoms with Gasteiger partial charge in [-0.3, -0.25) is 19.3 Å². The molecule has 1 aromatic rings. The first-order valence-electron chi connectivity index (χ1n) is 9.38. The maximum Gasteiger partial charge on any atom is 0.251 e. The van der Waals surface area contributed by atoms with Gasteiger partial charge in [-0.25, -0.2) is 4.39 Å². The van der Waals surface area contributed by atoms with Crippen molar-refractivity contribution in [1.29, 1.82) is 0 Å². The van der Waals surface area contributed by atoms with E-state index in [9.17, 15) is 18.8 Å². The van der Waals surface area contributed by atoms with Crippen molar-refractivity contribution in [1.82, 2.24) is 20.9 Å². The molecule has 2 fully saturated rings. The molecule has 3 N–H and O–H groups in total. The van der Waals surface area contributed by atoms with Gasteiger partial charge in [0.2, 0.25) is 11.8 Å². The van der Waals surface area contributed by atoms with Crippen LogP contribution >= 0.6 is 11.6 Å². The number of piperazine rings is 1. The summed E-state index contributed by atoms with van der Waals surface area (Å²) in [6.45, 7) is 1.13. The first-order chi connectivity index (χ1) is 13.9. The molecule has 0 saturated carbocycles. The summed E-state index contributed by atoms with van der Waals surface area (Å²) >= 11 is 5.74. The molecule has 154 valence electrons. The zero-order valence-electron chi connectivity index (χ0n) is 15.7. The minimum Gasteiger partial charge on any atom is -0.353 e. The molecule has 3 rings (SSSR count). The summed E-state index contributed by atoms with van der Waals surface area (Å²) in [5.74, 6) is 1.18. The number of benzene rings is 1. The van der Waals surface area contributed by atoms with E-state index in [2.05, 4.69) is 21.9 Å². The third kappa shape index (κ3) is 5.05. The van der Waals surface area contributed by atoms with E-state index in [1.54, 1.807) is 0 Å². The summed E-state index contributed by atoms with van der Waals surface area (Å²) in [5, 5.41) is 8.27. The van der Waals surface area contributed by atoms with Gasteiger partial charge >= 0.3 is 0 Å². The van der Waals surface area contributed by atoms with Crippen LogP contribution in [0, 0.1) is 18.2 Å². The molecule has 9 heteroatoms. The van der Waals surface area contributed by atoms with Crippen LogP contribution in [0.1, 0.15) is 29.6 Å². The van der Waals surface area contributed by atoms with Gasteiger partial charge in [0, 0.05) is 37.2 Å². The third-order valence-electron chi connectivity index (χ3n) is 5.23. The fourth-order valence-corrected chi connectivity index (χ4v) is 3.97. The van der Waals surface area contributed by atoms with Crippen LogP contribution in [-0.4, -0.2) is 60.4 Å². The molecule has 2 saturated heterocycles. The molecule has 0 aliphatic carbocycles. The lowest BCUT2D eigenvalue weighted by atomic mass is 10.0. The highest BCUT2D eigenvalue weighted by molar-refractivity contribution is 6.31. The zero-order valence-corrected chi connectivity index (χ0v) is 16.5. The number of halogens is 2. The van der Waals surface area contributed by atoms with Gasteiger partial charge in [-0.2, -0.15) is 0 Å². The predicted molar refractivity (Wildman–Crippen MR) is 106 cm³/mol. The van der Waals surface area contributed by atoms with Gasteiger partial charge in [-0.05, 0) is 31.0 Å². The second kappa shape index (κ2) is 9.25. The van der Waals surface area contributed by atoms with Crippen LogP contribution in [0.25, 0.3) is 0 Å². The van der Waals surface area contributed by atoms with Crippen LogP contribution in [-0.2, 0) is 9.59 Å². The average molecular weight is 421 g/mol. The molecule has 0 radical (unpaired) electrons.